The summed E-state index contributed by atoms with van der Waals surface area (Å²) in [4.78, 5) is 18.6. The van der Waals surface area contributed by atoms with Crippen molar-refractivity contribution in [3.8, 4) is 16.5 Å². The number of hydrogen-bond donors (Lipinski definition) is 1. The van der Waals surface area contributed by atoms with Crippen LogP contribution in [0.15, 0.2) is 66.6 Å². The molecule has 4 rings (SSSR count). The largest absolute Gasteiger partial charge is 0.458 e. The molecule has 1 unspecified atom stereocenters. The lowest BCUT2D eigenvalue weighted by Gasteiger charge is -2.25. The molecule has 1 aliphatic carbocycles. The van der Waals surface area contributed by atoms with Crippen molar-refractivity contribution in [2.24, 2.45) is 0 Å². The average molecular weight is 449 g/mol. The van der Waals surface area contributed by atoms with Gasteiger partial charge in [0.15, 0.2) is 0 Å². The fourth-order valence-electron chi connectivity index (χ4n) is 4.15. The first-order chi connectivity index (χ1) is 15.7. The monoisotopic (exact) mass is 448 g/mol. The molecule has 1 saturated carbocycles. The van der Waals surface area contributed by atoms with E-state index in [0.717, 1.165) is 29.0 Å². The van der Waals surface area contributed by atoms with Crippen molar-refractivity contribution >= 4 is 23.0 Å². The highest BCUT2D eigenvalue weighted by Crippen LogP contribution is 2.41. The molecule has 0 aliphatic heterocycles. The zero-order chi connectivity index (χ0) is 22.3. The Bertz CT molecular complexity index is 1040. The molecule has 0 bridgehead atoms. The molecule has 1 fully saturated rings. The van der Waals surface area contributed by atoms with Crippen LogP contribution in [-0.2, 0) is 9.53 Å². The number of nitrogen functional groups attached to an aromatic ring is 1. The van der Waals surface area contributed by atoms with E-state index >= 15 is 0 Å². The SMILES string of the molecule is C=CCOC(=O)C(Oc1nc(-c2cccs2)cc(C2CCCCC2)c1N)c1ccccc1. The van der Waals surface area contributed by atoms with Gasteiger partial charge >= 0.3 is 5.97 Å². The van der Waals surface area contributed by atoms with Crippen LogP contribution in [0, 0.1) is 0 Å². The van der Waals surface area contributed by atoms with E-state index in [9.17, 15) is 4.79 Å². The fraction of sp³-hybridized carbons (Fsp3) is 0.308. The Kier molecular flexibility index (Phi) is 7.22. The van der Waals surface area contributed by atoms with Gasteiger partial charge in [-0.05, 0) is 41.8 Å². The van der Waals surface area contributed by atoms with Gasteiger partial charge in [0, 0.05) is 5.56 Å². The van der Waals surface area contributed by atoms with Crippen LogP contribution >= 0.6 is 11.3 Å². The minimum absolute atomic E-state index is 0.108. The molecule has 3 aromatic rings. The molecular formula is C26H28N2O3S. The van der Waals surface area contributed by atoms with Gasteiger partial charge in [0.1, 0.15) is 6.61 Å². The summed E-state index contributed by atoms with van der Waals surface area (Å²) in [6.07, 6.45) is 6.40. The maximum atomic E-state index is 12.9. The second kappa shape index (κ2) is 10.5. The number of nitrogens with zero attached hydrogens (tertiary/aromatic N) is 1. The zero-order valence-electron chi connectivity index (χ0n) is 18.0. The predicted octanol–water partition coefficient (Wildman–Crippen LogP) is 6.29. The number of pyridine rings is 1. The molecule has 0 amide bonds. The number of carbonyl (C=O) groups excluding carboxylic acids is 1. The van der Waals surface area contributed by atoms with Gasteiger partial charge in [-0.3, -0.25) is 0 Å². The Hall–Kier alpha value is -3.12. The van der Waals surface area contributed by atoms with Crippen LogP contribution in [0.5, 0.6) is 5.88 Å². The van der Waals surface area contributed by atoms with Crippen molar-refractivity contribution in [3.63, 3.8) is 0 Å². The summed E-state index contributed by atoms with van der Waals surface area (Å²) < 4.78 is 11.5. The smallest absolute Gasteiger partial charge is 0.352 e. The van der Waals surface area contributed by atoms with Gasteiger partial charge < -0.3 is 15.2 Å². The minimum atomic E-state index is -0.969. The maximum Gasteiger partial charge on any atom is 0.352 e. The summed E-state index contributed by atoms with van der Waals surface area (Å²) in [5, 5.41) is 2.02. The third kappa shape index (κ3) is 5.02. The summed E-state index contributed by atoms with van der Waals surface area (Å²) >= 11 is 1.62. The van der Waals surface area contributed by atoms with Gasteiger partial charge in [0.2, 0.25) is 12.0 Å². The summed E-state index contributed by atoms with van der Waals surface area (Å²) in [6.45, 7) is 3.73. The molecule has 0 radical (unpaired) electrons. The number of nitrogens with two attached hydrogens (primary N) is 1. The molecule has 2 N–H and O–H groups in total. The molecule has 1 aliphatic rings. The second-order valence-electron chi connectivity index (χ2n) is 7.96. The first-order valence-electron chi connectivity index (χ1n) is 11.0. The van der Waals surface area contributed by atoms with Gasteiger partial charge in [-0.1, -0.05) is 68.3 Å². The van der Waals surface area contributed by atoms with Gasteiger partial charge in [0.05, 0.1) is 16.3 Å². The number of rotatable bonds is 8. The Labute approximate surface area is 192 Å². The normalized spacial score (nSPS) is 15.1. The molecule has 0 spiro atoms. The third-order valence-electron chi connectivity index (χ3n) is 5.76. The Morgan fingerprint density at radius 3 is 2.66 bits per heavy atom. The minimum Gasteiger partial charge on any atom is -0.458 e. The number of benzene rings is 1. The Morgan fingerprint density at radius 1 is 1.19 bits per heavy atom. The van der Waals surface area contributed by atoms with E-state index in [4.69, 9.17) is 20.2 Å². The molecule has 32 heavy (non-hydrogen) atoms. The van der Waals surface area contributed by atoms with E-state index in [1.165, 1.54) is 25.3 Å². The van der Waals surface area contributed by atoms with Gasteiger partial charge in [-0.2, -0.15) is 0 Å². The fourth-order valence-corrected chi connectivity index (χ4v) is 4.84. The average Bonchev–Trinajstić information content (AvgIpc) is 3.38. The standard InChI is InChI=1S/C26H28N2O3S/c1-2-15-30-26(29)24(19-12-7-4-8-13-19)31-25-23(27)20(18-10-5-3-6-11-18)17-21(28-25)22-14-9-16-32-22/h2,4,7-9,12-14,16-18,24H,1,3,5-6,10-11,15,27H2. The van der Waals surface area contributed by atoms with Crippen LogP contribution in [0.3, 0.4) is 0 Å². The van der Waals surface area contributed by atoms with Crippen LogP contribution in [0.4, 0.5) is 5.69 Å². The number of carbonyl (C=O) groups is 1. The van der Waals surface area contributed by atoms with Crippen molar-refractivity contribution in [1.29, 1.82) is 0 Å². The molecule has 6 heteroatoms. The quantitative estimate of drug-likeness (QED) is 0.324. The van der Waals surface area contributed by atoms with E-state index < -0.39 is 12.1 Å². The predicted molar refractivity (Wildman–Crippen MR) is 129 cm³/mol. The highest BCUT2D eigenvalue weighted by atomic mass is 32.1. The number of esters is 1. The third-order valence-corrected chi connectivity index (χ3v) is 6.66. The van der Waals surface area contributed by atoms with Gasteiger partial charge in [-0.25, -0.2) is 9.78 Å². The van der Waals surface area contributed by atoms with Crippen molar-refractivity contribution in [2.75, 3.05) is 12.3 Å². The maximum absolute atomic E-state index is 12.9. The van der Waals surface area contributed by atoms with Crippen LogP contribution in [0.25, 0.3) is 10.6 Å². The highest BCUT2D eigenvalue weighted by molar-refractivity contribution is 7.13. The zero-order valence-corrected chi connectivity index (χ0v) is 18.9. The molecule has 1 aromatic carbocycles. The molecule has 5 nitrogen and oxygen atoms in total. The topological polar surface area (TPSA) is 74.4 Å². The van der Waals surface area contributed by atoms with E-state index in [0.29, 0.717) is 17.2 Å². The Morgan fingerprint density at radius 2 is 1.97 bits per heavy atom. The summed E-state index contributed by atoms with van der Waals surface area (Å²) in [5.74, 6) is 0.148. The van der Waals surface area contributed by atoms with Gasteiger partial charge in [0.25, 0.3) is 0 Å². The molecule has 1 atom stereocenters. The van der Waals surface area contributed by atoms with E-state index in [2.05, 4.69) is 12.6 Å². The summed E-state index contributed by atoms with van der Waals surface area (Å²) in [5.41, 5.74) is 9.68. The van der Waals surface area contributed by atoms with E-state index in [1.807, 2.05) is 47.8 Å². The highest BCUT2D eigenvalue weighted by Gasteiger charge is 2.28. The van der Waals surface area contributed by atoms with Gasteiger partial charge in [-0.15, -0.1) is 11.3 Å². The van der Waals surface area contributed by atoms with Crippen molar-refractivity contribution < 1.29 is 14.3 Å². The number of anilines is 1. The van der Waals surface area contributed by atoms with Crippen molar-refractivity contribution in [2.45, 2.75) is 44.1 Å². The molecule has 2 aromatic heterocycles. The van der Waals surface area contributed by atoms with Crippen LogP contribution in [-0.4, -0.2) is 17.6 Å². The van der Waals surface area contributed by atoms with E-state index in [-0.39, 0.29) is 12.5 Å². The summed E-state index contributed by atoms with van der Waals surface area (Å²) in [7, 11) is 0. The lowest BCUT2D eigenvalue weighted by atomic mass is 9.83. The van der Waals surface area contributed by atoms with Crippen LogP contribution in [0.2, 0.25) is 0 Å². The number of aromatic nitrogens is 1. The lowest BCUT2D eigenvalue weighted by Crippen LogP contribution is -2.23. The molecular weight excluding hydrogens is 420 g/mol. The molecule has 166 valence electrons. The second-order valence-corrected chi connectivity index (χ2v) is 8.90. The Balaban J connectivity index is 1.75. The lowest BCUT2D eigenvalue weighted by molar-refractivity contribution is -0.151. The molecule has 0 saturated heterocycles. The van der Waals surface area contributed by atoms with E-state index in [1.54, 1.807) is 11.3 Å². The number of ether oxygens (including phenoxy) is 2. The van der Waals surface area contributed by atoms with Crippen molar-refractivity contribution in [3.05, 3.63) is 77.7 Å². The van der Waals surface area contributed by atoms with Crippen LogP contribution < -0.4 is 10.5 Å². The first kappa shape index (κ1) is 22.1. The number of hydrogen-bond acceptors (Lipinski definition) is 6. The first-order valence-corrected chi connectivity index (χ1v) is 11.9. The molecule has 2 heterocycles. The van der Waals surface area contributed by atoms with Crippen LogP contribution in [0.1, 0.15) is 55.3 Å². The van der Waals surface area contributed by atoms with Crippen molar-refractivity contribution in [1.82, 2.24) is 4.98 Å². The summed E-state index contributed by atoms with van der Waals surface area (Å²) in [6, 6.07) is 15.4. The number of thiophene rings is 1.